The molecule has 116 valence electrons. The van der Waals surface area contributed by atoms with Gasteiger partial charge in [-0.05, 0) is 12.0 Å². The first-order chi connectivity index (χ1) is 10.6. The number of aromatic amines is 1. The van der Waals surface area contributed by atoms with Gasteiger partial charge in [-0.2, -0.15) is 5.10 Å². The summed E-state index contributed by atoms with van der Waals surface area (Å²) in [5, 5.41) is 9.21. The van der Waals surface area contributed by atoms with Crippen molar-refractivity contribution in [2.24, 2.45) is 0 Å². The molecule has 2 amide bonds. The summed E-state index contributed by atoms with van der Waals surface area (Å²) in [6.07, 6.45) is 2.09. The Balaban J connectivity index is 1.90. The van der Waals surface area contributed by atoms with E-state index >= 15 is 0 Å². The van der Waals surface area contributed by atoms with Crippen LogP contribution in [-0.4, -0.2) is 40.0 Å². The summed E-state index contributed by atoms with van der Waals surface area (Å²) in [7, 11) is 0. The number of nitrogens with zero attached hydrogens (tertiary/aromatic N) is 2. The molecule has 0 unspecified atom stereocenters. The third-order valence-corrected chi connectivity index (χ3v) is 3.44. The first-order valence-electron chi connectivity index (χ1n) is 6.84. The number of hydrogen-bond donors (Lipinski definition) is 2. The molecule has 6 nitrogen and oxygen atoms in total. The van der Waals surface area contributed by atoms with Crippen molar-refractivity contribution in [3.8, 4) is 0 Å². The van der Waals surface area contributed by atoms with Gasteiger partial charge in [0.1, 0.15) is 10.8 Å². The SMILES string of the molecule is CC(=O)N(CCc1ccccc1)CC(=O)Nc1[nH]ncc1Cl. The predicted octanol–water partition coefficient (Wildman–Crippen LogP) is 2.09. The van der Waals surface area contributed by atoms with E-state index < -0.39 is 0 Å². The molecule has 22 heavy (non-hydrogen) atoms. The molecule has 0 saturated carbocycles. The molecule has 0 aliphatic rings. The Hall–Kier alpha value is -2.34. The Morgan fingerprint density at radius 1 is 1.32 bits per heavy atom. The zero-order valence-corrected chi connectivity index (χ0v) is 12.9. The number of nitrogens with one attached hydrogen (secondary N) is 2. The van der Waals surface area contributed by atoms with Crippen LogP contribution in [0.4, 0.5) is 5.82 Å². The van der Waals surface area contributed by atoms with Crippen LogP contribution in [0.25, 0.3) is 0 Å². The number of anilines is 1. The van der Waals surface area contributed by atoms with Crippen LogP contribution in [0.5, 0.6) is 0 Å². The van der Waals surface area contributed by atoms with E-state index in [1.54, 1.807) is 0 Å². The standard InChI is InChI=1S/C15H17ClN4O2/c1-11(21)20(8-7-12-5-3-2-4-6-12)10-14(22)18-15-13(16)9-17-19-15/h2-6,9H,7-8,10H2,1H3,(H2,17,18,19,22). The molecule has 1 aromatic carbocycles. The molecule has 0 spiro atoms. The van der Waals surface area contributed by atoms with E-state index in [0.29, 0.717) is 23.8 Å². The highest BCUT2D eigenvalue weighted by Gasteiger charge is 2.15. The average molecular weight is 321 g/mol. The lowest BCUT2D eigenvalue weighted by atomic mass is 10.1. The number of H-pyrrole nitrogens is 1. The number of hydrogen-bond acceptors (Lipinski definition) is 3. The van der Waals surface area contributed by atoms with Crippen LogP contribution in [0.3, 0.4) is 0 Å². The molecule has 2 rings (SSSR count). The molecular weight excluding hydrogens is 304 g/mol. The van der Waals surface area contributed by atoms with E-state index in [0.717, 1.165) is 5.56 Å². The summed E-state index contributed by atoms with van der Waals surface area (Å²) in [5.41, 5.74) is 1.12. The molecule has 0 aliphatic carbocycles. The van der Waals surface area contributed by atoms with Crippen molar-refractivity contribution in [2.75, 3.05) is 18.4 Å². The van der Waals surface area contributed by atoms with E-state index in [9.17, 15) is 9.59 Å². The second-order valence-corrected chi connectivity index (χ2v) is 5.22. The lowest BCUT2D eigenvalue weighted by Crippen LogP contribution is -2.38. The molecule has 2 aromatic rings. The minimum absolute atomic E-state index is 0.0302. The Morgan fingerprint density at radius 3 is 2.64 bits per heavy atom. The maximum atomic E-state index is 12.0. The second-order valence-electron chi connectivity index (χ2n) is 4.82. The quantitative estimate of drug-likeness (QED) is 0.855. The fraction of sp³-hybridized carbons (Fsp3) is 0.267. The largest absolute Gasteiger partial charge is 0.333 e. The monoisotopic (exact) mass is 320 g/mol. The minimum Gasteiger partial charge on any atom is -0.333 e. The molecule has 1 heterocycles. The molecule has 0 saturated heterocycles. The van der Waals surface area contributed by atoms with Gasteiger partial charge >= 0.3 is 0 Å². The normalized spacial score (nSPS) is 10.3. The van der Waals surface area contributed by atoms with Crippen LogP contribution in [0, 0.1) is 0 Å². The first kappa shape index (κ1) is 16.0. The number of amides is 2. The number of rotatable bonds is 6. The Morgan fingerprint density at radius 2 is 2.05 bits per heavy atom. The number of carbonyl (C=O) groups excluding carboxylic acids is 2. The van der Waals surface area contributed by atoms with Crippen molar-refractivity contribution in [3.05, 3.63) is 47.1 Å². The zero-order chi connectivity index (χ0) is 15.9. The summed E-state index contributed by atoms with van der Waals surface area (Å²) in [6, 6.07) is 9.81. The highest BCUT2D eigenvalue weighted by molar-refractivity contribution is 6.33. The second kappa shape index (κ2) is 7.61. The number of halogens is 1. The van der Waals surface area contributed by atoms with Gasteiger partial charge in [0.2, 0.25) is 11.8 Å². The highest BCUT2D eigenvalue weighted by atomic mass is 35.5. The molecule has 0 aliphatic heterocycles. The van der Waals surface area contributed by atoms with E-state index in [2.05, 4.69) is 15.5 Å². The van der Waals surface area contributed by atoms with E-state index in [4.69, 9.17) is 11.6 Å². The summed E-state index contributed by atoms with van der Waals surface area (Å²) in [5.74, 6) is -0.144. The topological polar surface area (TPSA) is 78.1 Å². The third kappa shape index (κ3) is 4.60. The Kier molecular flexibility index (Phi) is 5.55. The molecular formula is C15H17ClN4O2. The summed E-state index contributed by atoms with van der Waals surface area (Å²) in [6.45, 7) is 1.89. The van der Waals surface area contributed by atoms with Gasteiger partial charge < -0.3 is 10.2 Å². The van der Waals surface area contributed by atoms with Gasteiger partial charge in [0, 0.05) is 13.5 Å². The van der Waals surface area contributed by atoms with Crippen molar-refractivity contribution in [2.45, 2.75) is 13.3 Å². The molecule has 0 atom stereocenters. The van der Waals surface area contributed by atoms with Crippen molar-refractivity contribution < 1.29 is 9.59 Å². The van der Waals surface area contributed by atoms with E-state index in [-0.39, 0.29) is 18.4 Å². The summed E-state index contributed by atoms with van der Waals surface area (Å²) >= 11 is 5.84. The van der Waals surface area contributed by atoms with Crippen molar-refractivity contribution in [1.82, 2.24) is 15.1 Å². The predicted molar refractivity (Wildman–Crippen MR) is 84.6 cm³/mol. The maximum Gasteiger partial charge on any atom is 0.245 e. The van der Waals surface area contributed by atoms with E-state index in [1.807, 2.05) is 30.3 Å². The van der Waals surface area contributed by atoms with Crippen molar-refractivity contribution in [3.63, 3.8) is 0 Å². The van der Waals surface area contributed by atoms with Gasteiger partial charge in [-0.25, -0.2) is 0 Å². The van der Waals surface area contributed by atoms with Crippen molar-refractivity contribution >= 4 is 29.2 Å². The van der Waals surface area contributed by atoms with Crippen LogP contribution >= 0.6 is 11.6 Å². The highest BCUT2D eigenvalue weighted by Crippen LogP contribution is 2.16. The Labute approximate surface area is 133 Å². The Bertz CT molecular complexity index is 642. The smallest absolute Gasteiger partial charge is 0.245 e. The molecule has 1 aromatic heterocycles. The maximum absolute atomic E-state index is 12.0. The third-order valence-electron chi connectivity index (χ3n) is 3.15. The van der Waals surface area contributed by atoms with Gasteiger partial charge in [0.15, 0.2) is 0 Å². The van der Waals surface area contributed by atoms with E-state index in [1.165, 1.54) is 18.0 Å². The summed E-state index contributed by atoms with van der Waals surface area (Å²) in [4.78, 5) is 25.1. The van der Waals surface area contributed by atoms with Gasteiger partial charge in [-0.3, -0.25) is 14.7 Å². The summed E-state index contributed by atoms with van der Waals surface area (Å²) < 4.78 is 0. The first-order valence-corrected chi connectivity index (χ1v) is 7.22. The number of aromatic nitrogens is 2. The van der Waals surface area contributed by atoms with Gasteiger partial charge in [-0.1, -0.05) is 41.9 Å². The van der Waals surface area contributed by atoms with Gasteiger partial charge in [0.25, 0.3) is 0 Å². The molecule has 2 N–H and O–H groups in total. The lowest BCUT2D eigenvalue weighted by Gasteiger charge is -2.20. The van der Waals surface area contributed by atoms with Crippen LogP contribution in [-0.2, 0) is 16.0 Å². The van der Waals surface area contributed by atoms with Crippen molar-refractivity contribution in [1.29, 1.82) is 0 Å². The lowest BCUT2D eigenvalue weighted by molar-refractivity contribution is -0.132. The van der Waals surface area contributed by atoms with Crippen LogP contribution in [0.1, 0.15) is 12.5 Å². The fourth-order valence-electron chi connectivity index (χ4n) is 1.97. The van der Waals surface area contributed by atoms with Gasteiger partial charge in [0.05, 0.1) is 12.7 Å². The van der Waals surface area contributed by atoms with Crippen LogP contribution in [0.2, 0.25) is 5.02 Å². The fourth-order valence-corrected chi connectivity index (χ4v) is 2.11. The molecule has 0 fully saturated rings. The average Bonchev–Trinajstić information content (AvgIpc) is 2.89. The minimum atomic E-state index is -0.325. The molecule has 0 bridgehead atoms. The number of carbonyl (C=O) groups is 2. The van der Waals surface area contributed by atoms with Crippen LogP contribution < -0.4 is 5.32 Å². The molecule has 7 heteroatoms. The zero-order valence-electron chi connectivity index (χ0n) is 12.2. The van der Waals surface area contributed by atoms with Crippen LogP contribution in [0.15, 0.2) is 36.5 Å². The number of benzene rings is 1. The van der Waals surface area contributed by atoms with Gasteiger partial charge in [-0.15, -0.1) is 0 Å². The molecule has 0 radical (unpaired) electrons.